The predicted octanol–water partition coefficient (Wildman–Crippen LogP) is 2.64. The molecule has 17 heavy (non-hydrogen) atoms. The molecule has 1 unspecified atom stereocenters. The molecule has 3 nitrogen and oxygen atoms in total. The van der Waals surface area contributed by atoms with Gasteiger partial charge in [-0.2, -0.15) is 11.8 Å². The van der Waals surface area contributed by atoms with Gasteiger partial charge in [-0.05, 0) is 18.6 Å². The van der Waals surface area contributed by atoms with E-state index in [0.29, 0.717) is 11.8 Å². The number of anilines is 2. The summed E-state index contributed by atoms with van der Waals surface area (Å²) in [5, 5.41) is 3.37. The third-order valence-electron chi connectivity index (χ3n) is 2.73. The Morgan fingerprint density at radius 2 is 2.24 bits per heavy atom. The van der Waals surface area contributed by atoms with Crippen molar-refractivity contribution in [2.75, 3.05) is 23.3 Å². The Morgan fingerprint density at radius 3 is 2.94 bits per heavy atom. The number of nitrogens with two attached hydrogens (primary N) is 1. The zero-order chi connectivity index (χ0) is 12.3. The van der Waals surface area contributed by atoms with E-state index in [1.807, 2.05) is 11.8 Å². The summed E-state index contributed by atoms with van der Waals surface area (Å²) in [6.45, 7) is 0.639. The Morgan fingerprint density at radius 1 is 1.41 bits per heavy atom. The van der Waals surface area contributed by atoms with Gasteiger partial charge in [0.15, 0.2) is 23.3 Å². The van der Waals surface area contributed by atoms with Crippen LogP contribution in [0, 0.1) is 11.6 Å². The number of nitrogens with zero attached hydrogens (tertiary/aromatic N) is 1. The number of nitrogens with one attached hydrogen (secondary N) is 1. The van der Waals surface area contributed by atoms with Crippen molar-refractivity contribution in [3.8, 4) is 0 Å². The second-order valence-electron chi connectivity index (χ2n) is 4.06. The van der Waals surface area contributed by atoms with Crippen LogP contribution in [0.1, 0.15) is 19.3 Å². The van der Waals surface area contributed by atoms with Crippen LogP contribution < -0.4 is 11.1 Å². The topological polar surface area (TPSA) is 50.9 Å². The molecule has 0 spiro atoms. The van der Waals surface area contributed by atoms with Crippen molar-refractivity contribution in [2.24, 2.45) is 0 Å². The Kier molecular flexibility index (Phi) is 4.04. The maximum Gasteiger partial charge on any atom is 0.168 e. The fourth-order valence-electron chi connectivity index (χ4n) is 1.78. The number of aromatic nitrogens is 1. The highest BCUT2D eigenvalue weighted by Crippen LogP contribution is 2.25. The molecule has 2 rings (SSSR count). The second-order valence-corrected chi connectivity index (χ2v) is 5.46. The molecular weight excluding hydrogens is 244 g/mol. The summed E-state index contributed by atoms with van der Waals surface area (Å²) in [5.41, 5.74) is 5.30. The van der Waals surface area contributed by atoms with Gasteiger partial charge >= 0.3 is 0 Å². The fourth-order valence-corrected chi connectivity index (χ4v) is 3.02. The molecule has 0 radical (unpaired) electrons. The van der Waals surface area contributed by atoms with Gasteiger partial charge < -0.3 is 11.1 Å². The zero-order valence-electron chi connectivity index (χ0n) is 9.38. The smallest absolute Gasteiger partial charge is 0.168 e. The first-order chi connectivity index (χ1) is 8.16. The third kappa shape index (κ3) is 3.21. The quantitative estimate of drug-likeness (QED) is 0.876. The summed E-state index contributed by atoms with van der Waals surface area (Å²) in [5.74, 6) is -0.605. The highest BCUT2D eigenvalue weighted by molar-refractivity contribution is 7.99. The molecule has 0 aromatic carbocycles. The first kappa shape index (κ1) is 12.4. The van der Waals surface area contributed by atoms with Crippen LogP contribution in [0.4, 0.5) is 20.4 Å². The van der Waals surface area contributed by atoms with E-state index in [9.17, 15) is 8.78 Å². The summed E-state index contributed by atoms with van der Waals surface area (Å²) in [6.07, 6.45) is 3.58. The number of hydrogen-bond donors (Lipinski definition) is 2. The van der Waals surface area contributed by atoms with Crippen molar-refractivity contribution in [1.82, 2.24) is 4.98 Å². The van der Waals surface area contributed by atoms with Crippen LogP contribution in [-0.2, 0) is 0 Å². The monoisotopic (exact) mass is 259 g/mol. The minimum Gasteiger partial charge on any atom is -0.381 e. The lowest BCUT2D eigenvalue weighted by Crippen LogP contribution is -2.21. The van der Waals surface area contributed by atoms with Crippen molar-refractivity contribution in [2.45, 2.75) is 24.5 Å². The van der Waals surface area contributed by atoms with Crippen LogP contribution in [-0.4, -0.2) is 22.5 Å². The molecule has 1 aliphatic rings. The van der Waals surface area contributed by atoms with Gasteiger partial charge in [-0.3, -0.25) is 0 Å². The molecule has 94 valence electrons. The molecule has 1 atom stereocenters. The van der Waals surface area contributed by atoms with Gasteiger partial charge in [0.05, 0.1) is 0 Å². The van der Waals surface area contributed by atoms with Crippen LogP contribution in [0.25, 0.3) is 0 Å². The molecule has 0 aliphatic carbocycles. The lowest BCUT2D eigenvalue weighted by molar-refractivity contribution is 0.578. The summed E-state index contributed by atoms with van der Waals surface area (Å²) in [7, 11) is 0. The summed E-state index contributed by atoms with van der Waals surface area (Å²) >= 11 is 1.88. The molecule has 1 saturated heterocycles. The zero-order valence-corrected chi connectivity index (χ0v) is 10.2. The van der Waals surface area contributed by atoms with Gasteiger partial charge in [-0.25, -0.2) is 13.8 Å². The standard InChI is InChI=1S/C11H15F2N3S/c12-8-5-9(13)11(16-10(8)14)15-6-7-3-1-2-4-17-7/h5,7H,1-4,6H2,(H3,14,15,16). The maximum absolute atomic E-state index is 13.4. The number of hydrogen-bond acceptors (Lipinski definition) is 4. The van der Waals surface area contributed by atoms with Gasteiger partial charge in [0.25, 0.3) is 0 Å². The molecule has 2 heterocycles. The highest BCUT2D eigenvalue weighted by Gasteiger charge is 2.15. The van der Waals surface area contributed by atoms with E-state index >= 15 is 0 Å². The fraction of sp³-hybridized carbons (Fsp3) is 0.545. The molecule has 0 bridgehead atoms. The van der Waals surface area contributed by atoms with Gasteiger partial charge in [0.2, 0.25) is 0 Å². The molecule has 1 aromatic rings. The van der Waals surface area contributed by atoms with Gasteiger partial charge in [-0.1, -0.05) is 6.42 Å². The van der Waals surface area contributed by atoms with Crippen LogP contribution in [0.3, 0.4) is 0 Å². The molecule has 0 amide bonds. The van der Waals surface area contributed by atoms with Gasteiger partial charge in [0.1, 0.15) is 0 Å². The Labute approximate surface area is 103 Å². The molecule has 3 N–H and O–H groups in total. The summed E-state index contributed by atoms with van der Waals surface area (Å²) < 4.78 is 26.3. The normalized spacial score (nSPS) is 20.2. The number of pyridine rings is 1. The van der Waals surface area contributed by atoms with Gasteiger partial charge in [0, 0.05) is 17.9 Å². The van der Waals surface area contributed by atoms with Crippen molar-refractivity contribution in [1.29, 1.82) is 0 Å². The van der Waals surface area contributed by atoms with Crippen LogP contribution in [0.15, 0.2) is 6.07 Å². The van der Waals surface area contributed by atoms with E-state index in [0.717, 1.165) is 18.2 Å². The molecular formula is C11H15F2N3S. The third-order valence-corrected chi connectivity index (χ3v) is 4.13. The Bertz CT molecular complexity index is 395. The van der Waals surface area contributed by atoms with E-state index in [1.165, 1.54) is 12.8 Å². The van der Waals surface area contributed by atoms with E-state index in [4.69, 9.17) is 5.73 Å². The minimum absolute atomic E-state index is 0.0371. The van der Waals surface area contributed by atoms with Crippen LogP contribution >= 0.6 is 11.8 Å². The Balaban J connectivity index is 1.96. The van der Waals surface area contributed by atoms with Crippen LogP contribution in [0.5, 0.6) is 0 Å². The summed E-state index contributed by atoms with van der Waals surface area (Å²) in [4.78, 5) is 3.66. The summed E-state index contributed by atoms with van der Waals surface area (Å²) in [6, 6.07) is 0.763. The van der Waals surface area contributed by atoms with E-state index in [2.05, 4.69) is 10.3 Å². The lowest BCUT2D eigenvalue weighted by Gasteiger charge is -2.21. The van der Waals surface area contributed by atoms with E-state index in [1.54, 1.807) is 0 Å². The van der Waals surface area contributed by atoms with Crippen molar-refractivity contribution < 1.29 is 8.78 Å². The van der Waals surface area contributed by atoms with Crippen molar-refractivity contribution in [3.05, 3.63) is 17.7 Å². The SMILES string of the molecule is Nc1nc(NCC2CCCCS2)c(F)cc1F. The highest BCUT2D eigenvalue weighted by atomic mass is 32.2. The molecule has 1 fully saturated rings. The Hall–Kier alpha value is -1.04. The van der Waals surface area contributed by atoms with Crippen molar-refractivity contribution >= 4 is 23.4 Å². The first-order valence-corrected chi connectivity index (χ1v) is 6.68. The number of nitrogen functional groups attached to an aromatic ring is 1. The molecule has 6 heteroatoms. The van der Waals surface area contributed by atoms with E-state index in [-0.39, 0.29) is 11.6 Å². The van der Waals surface area contributed by atoms with Gasteiger partial charge in [-0.15, -0.1) is 0 Å². The average molecular weight is 259 g/mol. The number of thioether (sulfide) groups is 1. The maximum atomic E-state index is 13.4. The lowest BCUT2D eigenvalue weighted by atomic mass is 10.2. The molecule has 1 aromatic heterocycles. The number of rotatable bonds is 3. The number of halogens is 2. The minimum atomic E-state index is -0.819. The first-order valence-electron chi connectivity index (χ1n) is 5.64. The average Bonchev–Trinajstić information content (AvgIpc) is 2.33. The molecule has 0 saturated carbocycles. The predicted molar refractivity (Wildman–Crippen MR) is 67.2 cm³/mol. The largest absolute Gasteiger partial charge is 0.381 e. The second kappa shape index (κ2) is 5.53. The van der Waals surface area contributed by atoms with Crippen LogP contribution in [0.2, 0.25) is 0 Å². The van der Waals surface area contributed by atoms with E-state index < -0.39 is 11.6 Å². The van der Waals surface area contributed by atoms with Crippen molar-refractivity contribution in [3.63, 3.8) is 0 Å². The molecule has 1 aliphatic heterocycles.